The molecule has 1 atom stereocenters. The zero-order valence-corrected chi connectivity index (χ0v) is 16.3. The van der Waals surface area contributed by atoms with Gasteiger partial charge in [-0.15, -0.1) is 0 Å². The van der Waals surface area contributed by atoms with Crippen molar-refractivity contribution in [2.75, 3.05) is 23.7 Å². The molecule has 0 aliphatic carbocycles. The van der Waals surface area contributed by atoms with Crippen LogP contribution in [-0.4, -0.2) is 39.8 Å². The van der Waals surface area contributed by atoms with E-state index in [2.05, 4.69) is 5.32 Å². The van der Waals surface area contributed by atoms with E-state index < -0.39 is 28.3 Å². The van der Waals surface area contributed by atoms with E-state index in [1.807, 2.05) is 31.2 Å². The van der Waals surface area contributed by atoms with Crippen LogP contribution in [0, 0.1) is 12.7 Å². The minimum absolute atomic E-state index is 0.168. The molecular weight excluding hydrogens is 371 g/mol. The highest BCUT2D eigenvalue weighted by atomic mass is 32.2. The van der Waals surface area contributed by atoms with Gasteiger partial charge in [-0.05, 0) is 38.1 Å². The van der Waals surface area contributed by atoms with Gasteiger partial charge in [-0.2, -0.15) is 0 Å². The van der Waals surface area contributed by atoms with Crippen molar-refractivity contribution in [3.8, 4) is 5.75 Å². The fourth-order valence-corrected chi connectivity index (χ4v) is 3.24. The Kier molecular flexibility index (Phi) is 6.79. The topological polar surface area (TPSA) is 75.7 Å². The maximum Gasteiger partial charge on any atom is 0.241 e. The molecule has 0 unspecified atom stereocenters. The second-order valence-electron chi connectivity index (χ2n) is 6.31. The summed E-state index contributed by atoms with van der Waals surface area (Å²) in [5.41, 5.74) is 0.941. The molecule has 146 valence electrons. The number of anilines is 1. The average Bonchev–Trinajstić information content (AvgIpc) is 2.59. The minimum Gasteiger partial charge on any atom is -0.491 e. The Morgan fingerprint density at radius 3 is 2.41 bits per heavy atom. The summed E-state index contributed by atoms with van der Waals surface area (Å²) in [5.74, 6) is -0.596. The van der Waals surface area contributed by atoms with E-state index in [-0.39, 0.29) is 18.3 Å². The SMILES string of the molecule is Cc1ccc(OC[C@H](C)NC(=O)CN(c2ccccc2F)S(C)(=O)=O)cc1. The van der Waals surface area contributed by atoms with Crippen molar-refractivity contribution in [2.45, 2.75) is 19.9 Å². The number of carbonyl (C=O) groups is 1. The zero-order chi connectivity index (χ0) is 20.0. The third-order valence-corrected chi connectivity index (χ3v) is 4.86. The first kappa shape index (κ1) is 20.7. The first-order valence-corrected chi connectivity index (χ1v) is 10.2. The van der Waals surface area contributed by atoms with Crippen LogP contribution in [-0.2, 0) is 14.8 Å². The Bertz CT molecular complexity index is 885. The Hall–Kier alpha value is -2.61. The maximum absolute atomic E-state index is 14.0. The molecule has 0 radical (unpaired) electrons. The van der Waals surface area contributed by atoms with Crippen LogP contribution in [0.1, 0.15) is 12.5 Å². The third kappa shape index (κ3) is 6.25. The number of hydrogen-bond acceptors (Lipinski definition) is 4. The van der Waals surface area contributed by atoms with Gasteiger partial charge in [0.05, 0.1) is 18.0 Å². The molecule has 2 rings (SSSR count). The van der Waals surface area contributed by atoms with E-state index in [0.29, 0.717) is 5.75 Å². The number of aryl methyl sites for hydroxylation is 1. The molecule has 0 saturated carbocycles. The smallest absolute Gasteiger partial charge is 0.241 e. The van der Waals surface area contributed by atoms with Gasteiger partial charge in [0.2, 0.25) is 15.9 Å². The monoisotopic (exact) mass is 394 g/mol. The molecule has 0 aliphatic rings. The Morgan fingerprint density at radius 2 is 1.81 bits per heavy atom. The Morgan fingerprint density at radius 1 is 1.19 bits per heavy atom. The van der Waals surface area contributed by atoms with Crippen molar-refractivity contribution in [3.63, 3.8) is 0 Å². The molecule has 0 aliphatic heterocycles. The molecule has 0 heterocycles. The highest BCUT2D eigenvalue weighted by Crippen LogP contribution is 2.21. The highest BCUT2D eigenvalue weighted by molar-refractivity contribution is 7.92. The lowest BCUT2D eigenvalue weighted by atomic mass is 10.2. The summed E-state index contributed by atoms with van der Waals surface area (Å²) in [6.45, 7) is 3.40. The molecule has 2 aromatic carbocycles. The average molecular weight is 394 g/mol. The summed E-state index contributed by atoms with van der Waals surface area (Å²) < 4.78 is 44.3. The van der Waals surface area contributed by atoms with Gasteiger partial charge in [0.25, 0.3) is 0 Å². The number of benzene rings is 2. The summed E-state index contributed by atoms with van der Waals surface area (Å²) in [7, 11) is -3.83. The number of amides is 1. The number of ether oxygens (including phenoxy) is 1. The quantitative estimate of drug-likeness (QED) is 0.746. The van der Waals surface area contributed by atoms with Gasteiger partial charge in [-0.25, -0.2) is 12.8 Å². The van der Waals surface area contributed by atoms with Crippen molar-refractivity contribution in [3.05, 3.63) is 59.9 Å². The Balaban J connectivity index is 1.97. The molecule has 1 N–H and O–H groups in total. The molecule has 2 aromatic rings. The molecule has 0 fully saturated rings. The zero-order valence-electron chi connectivity index (χ0n) is 15.5. The van der Waals surface area contributed by atoms with Crippen LogP contribution in [0.3, 0.4) is 0 Å². The molecule has 27 heavy (non-hydrogen) atoms. The van der Waals surface area contributed by atoms with Crippen molar-refractivity contribution in [2.24, 2.45) is 0 Å². The van der Waals surface area contributed by atoms with Gasteiger partial charge < -0.3 is 10.1 Å². The van der Waals surface area contributed by atoms with Crippen molar-refractivity contribution in [1.29, 1.82) is 0 Å². The molecule has 8 heteroatoms. The number of rotatable bonds is 8. The number of nitrogens with one attached hydrogen (secondary N) is 1. The molecule has 6 nitrogen and oxygen atoms in total. The second-order valence-corrected chi connectivity index (χ2v) is 8.22. The van der Waals surface area contributed by atoms with E-state index >= 15 is 0 Å². The molecular formula is C19H23FN2O4S. The molecule has 1 amide bonds. The molecule has 0 bridgehead atoms. The van der Waals surface area contributed by atoms with Crippen LogP contribution < -0.4 is 14.4 Å². The summed E-state index contributed by atoms with van der Waals surface area (Å²) >= 11 is 0. The minimum atomic E-state index is -3.83. The first-order valence-electron chi connectivity index (χ1n) is 8.38. The first-order chi connectivity index (χ1) is 12.7. The van der Waals surface area contributed by atoms with Crippen LogP contribution >= 0.6 is 0 Å². The Labute approximate surface area is 159 Å². The molecule has 0 spiro atoms. The number of para-hydroxylation sites is 1. The van der Waals surface area contributed by atoms with E-state index in [1.165, 1.54) is 18.2 Å². The van der Waals surface area contributed by atoms with Crippen LogP contribution in [0.15, 0.2) is 48.5 Å². The second kappa shape index (κ2) is 8.85. The van der Waals surface area contributed by atoms with Gasteiger partial charge in [0.1, 0.15) is 24.7 Å². The number of hydrogen-bond donors (Lipinski definition) is 1. The van der Waals surface area contributed by atoms with E-state index in [1.54, 1.807) is 6.92 Å². The van der Waals surface area contributed by atoms with E-state index in [0.717, 1.165) is 22.2 Å². The number of halogens is 1. The highest BCUT2D eigenvalue weighted by Gasteiger charge is 2.24. The summed E-state index contributed by atoms with van der Waals surface area (Å²) in [5, 5.41) is 2.66. The van der Waals surface area contributed by atoms with Crippen LogP contribution in [0.5, 0.6) is 5.75 Å². The number of carbonyl (C=O) groups excluding carboxylic acids is 1. The number of sulfonamides is 1. The lowest BCUT2D eigenvalue weighted by Gasteiger charge is -2.23. The maximum atomic E-state index is 14.0. The fraction of sp³-hybridized carbons (Fsp3) is 0.316. The van der Waals surface area contributed by atoms with Gasteiger partial charge in [0, 0.05) is 0 Å². The van der Waals surface area contributed by atoms with Gasteiger partial charge in [0.15, 0.2) is 0 Å². The lowest BCUT2D eigenvalue weighted by molar-refractivity contribution is -0.120. The largest absolute Gasteiger partial charge is 0.491 e. The molecule has 0 saturated heterocycles. The fourth-order valence-electron chi connectivity index (χ4n) is 2.38. The van der Waals surface area contributed by atoms with E-state index in [4.69, 9.17) is 4.74 Å². The lowest BCUT2D eigenvalue weighted by Crippen LogP contribution is -2.45. The predicted molar refractivity (Wildman–Crippen MR) is 103 cm³/mol. The van der Waals surface area contributed by atoms with Gasteiger partial charge in [-0.3, -0.25) is 9.10 Å². The van der Waals surface area contributed by atoms with Gasteiger partial charge >= 0.3 is 0 Å². The predicted octanol–water partition coefficient (Wildman–Crippen LogP) is 2.48. The third-order valence-electron chi connectivity index (χ3n) is 3.74. The van der Waals surface area contributed by atoms with E-state index in [9.17, 15) is 17.6 Å². The summed E-state index contributed by atoms with van der Waals surface area (Å²) in [6, 6.07) is 12.5. The van der Waals surface area contributed by atoms with Crippen molar-refractivity contribution in [1.82, 2.24) is 5.32 Å². The van der Waals surface area contributed by atoms with Crippen LogP contribution in [0.2, 0.25) is 0 Å². The number of nitrogens with zero attached hydrogens (tertiary/aromatic N) is 1. The standard InChI is InChI=1S/C19H23FN2O4S/c1-14-8-10-16(11-9-14)26-13-15(2)21-19(23)12-22(27(3,24)25)18-7-5-4-6-17(18)20/h4-11,15H,12-13H2,1-3H3,(H,21,23)/t15-/m0/s1. The van der Waals surface area contributed by atoms with Crippen molar-refractivity contribution >= 4 is 21.6 Å². The van der Waals surface area contributed by atoms with Crippen LogP contribution in [0.4, 0.5) is 10.1 Å². The summed E-state index contributed by atoms with van der Waals surface area (Å²) in [4.78, 5) is 12.3. The summed E-state index contributed by atoms with van der Waals surface area (Å²) in [6.07, 6.45) is 0.927. The van der Waals surface area contributed by atoms with Crippen molar-refractivity contribution < 1.29 is 22.3 Å². The normalized spacial score (nSPS) is 12.3. The van der Waals surface area contributed by atoms with Crippen LogP contribution in [0.25, 0.3) is 0 Å². The van der Waals surface area contributed by atoms with Gasteiger partial charge in [-0.1, -0.05) is 29.8 Å². The molecule has 0 aromatic heterocycles.